The van der Waals surface area contributed by atoms with Crippen LogP contribution in [-0.4, -0.2) is 6.09 Å². The van der Waals surface area contributed by atoms with Gasteiger partial charge in [0.1, 0.15) is 6.10 Å². The SMILES string of the molecule is Cc1cc(Br)ccc1[C@@H](C)OC(N)=O. The van der Waals surface area contributed by atoms with E-state index in [2.05, 4.69) is 15.9 Å². The van der Waals surface area contributed by atoms with E-state index in [9.17, 15) is 4.79 Å². The molecule has 0 heterocycles. The summed E-state index contributed by atoms with van der Waals surface area (Å²) in [6.07, 6.45) is -1.06. The van der Waals surface area contributed by atoms with E-state index in [-0.39, 0.29) is 6.10 Å². The van der Waals surface area contributed by atoms with Gasteiger partial charge >= 0.3 is 6.09 Å². The van der Waals surface area contributed by atoms with Gasteiger partial charge in [-0.15, -0.1) is 0 Å². The van der Waals surface area contributed by atoms with Crippen molar-refractivity contribution in [2.24, 2.45) is 5.73 Å². The number of ether oxygens (including phenoxy) is 1. The van der Waals surface area contributed by atoms with Crippen molar-refractivity contribution in [1.82, 2.24) is 0 Å². The quantitative estimate of drug-likeness (QED) is 0.886. The molecule has 76 valence electrons. The van der Waals surface area contributed by atoms with E-state index in [0.717, 1.165) is 15.6 Å². The molecule has 0 spiro atoms. The van der Waals surface area contributed by atoms with E-state index in [1.807, 2.05) is 25.1 Å². The third-order valence-corrected chi connectivity index (χ3v) is 2.46. The number of carbonyl (C=O) groups is 1. The van der Waals surface area contributed by atoms with E-state index in [1.54, 1.807) is 6.92 Å². The number of halogens is 1. The van der Waals surface area contributed by atoms with Crippen molar-refractivity contribution in [2.75, 3.05) is 0 Å². The molecule has 0 unspecified atom stereocenters. The van der Waals surface area contributed by atoms with Gasteiger partial charge in [0, 0.05) is 4.47 Å². The van der Waals surface area contributed by atoms with Crippen LogP contribution >= 0.6 is 15.9 Å². The highest BCUT2D eigenvalue weighted by molar-refractivity contribution is 9.10. The van der Waals surface area contributed by atoms with Crippen LogP contribution in [0.1, 0.15) is 24.2 Å². The fourth-order valence-electron chi connectivity index (χ4n) is 1.33. The van der Waals surface area contributed by atoms with E-state index >= 15 is 0 Å². The molecule has 1 atom stereocenters. The Morgan fingerprint density at radius 2 is 2.21 bits per heavy atom. The van der Waals surface area contributed by atoms with Crippen LogP contribution in [0.4, 0.5) is 4.79 Å². The summed E-state index contributed by atoms with van der Waals surface area (Å²) in [5, 5.41) is 0. The minimum atomic E-state index is -0.750. The minimum absolute atomic E-state index is 0.305. The Bertz CT molecular complexity index is 352. The number of amides is 1. The molecule has 1 aromatic rings. The monoisotopic (exact) mass is 257 g/mol. The van der Waals surface area contributed by atoms with Gasteiger partial charge in [0.05, 0.1) is 0 Å². The molecule has 0 fully saturated rings. The molecule has 1 aromatic carbocycles. The molecular formula is C10H12BrNO2. The Morgan fingerprint density at radius 3 is 2.71 bits per heavy atom. The second kappa shape index (κ2) is 4.46. The van der Waals surface area contributed by atoms with Crippen LogP contribution in [-0.2, 0) is 4.74 Å². The maximum Gasteiger partial charge on any atom is 0.405 e. The van der Waals surface area contributed by atoms with E-state index in [1.165, 1.54) is 0 Å². The Hall–Kier alpha value is -1.03. The molecule has 0 bridgehead atoms. The van der Waals surface area contributed by atoms with Gasteiger partial charge in [-0.25, -0.2) is 4.79 Å². The second-order valence-corrected chi connectivity index (χ2v) is 4.00. The van der Waals surface area contributed by atoms with Crippen LogP contribution in [0.25, 0.3) is 0 Å². The zero-order valence-electron chi connectivity index (χ0n) is 8.08. The highest BCUT2D eigenvalue weighted by Crippen LogP contribution is 2.23. The Labute approximate surface area is 91.4 Å². The average Bonchev–Trinajstić information content (AvgIpc) is 2.01. The molecule has 1 amide bonds. The van der Waals surface area contributed by atoms with Crippen molar-refractivity contribution in [2.45, 2.75) is 20.0 Å². The van der Waals surface area contributed by atoms with Crippen molar-refractivity contribution in [3.8, 4) is 0 Å². The fraction of sp³-hybridized carbons (Fsp3) is 0.300. The lowest BCUT2D eigenvalue weighted by Gasteiger charge is -2.14. The number of rotatable bonds is 2. The lowest BCUT2D eigenvalue weighted by Crippen LogP contribution is -2.16. The molecule has 0 saturated carbocycles. The molecule has 3 nitrogen and oxygen atoms in total. The smallest absolute Gasteiger partial charge is 0.405 e. The first kappa shape index (κ1) is 11.0. The second-order valence-electron chi connectivity index (χ2n) is 3.08. The third kappa shape index (κ3) is 2.73. The maximum atomic E-state index is 10.6. The topological polar surface area (TPSA) is 52.3 Å². The van der Waals surface area contributed by atoms with Crippen LogP contribution in [0.2, 0.25) is 0 Å². The number of hydrogen-bond donors (Lipinski definition) is 1. The summed E-state index contributed by atoms with van der Waals surface area (Å²) in [6.45, 7) is 3.75. The van der Waals surface area contributed by atoms with Crippen molar-refractivity contribution in [1.29, 1.82) is 0 Å². The van der Waals surface area contributed by atoms with Gasteiger partial charge in [-0.05, 0) is 37.1 Å². The van der Waals surface area contributed by atoms with Crippen molar-refractivity contribution in [3.63, 3.8) is 0 Å². The summed E-state index contributed by atoms with van der Waals surface area (Å²) < 4.78 is 5.89. The predicted molar refractivity (Wildman–Crippen MR) is 58.0 cm³/mol. The van der Waals surface area contributed by atoms with Gasteiger partial charge < -0.3 is 10.5 Å². The Balaban J connectivity index is 2.90. The number of primary amides is 1. The number of carbonyl (C=O) groups excluding carboxylic acids is 1. The first-order chi connectivity index (χ1) is 6.50. The summed E-state index contributed by atoms with van der Waals surface area (Å²) in [5.74, 6) is 0. The van der Waals surface area contributed by atoms with Crippen LogP contribution in [0.3, 0.4) is 0 Å². The molecule has 2 N–H and O–H groups in total. The summed E-state index contributed by atoms with van der Waals surface area (Å²) in [7, 11) is 0. The van der Waals surface area contributed by atoms with Gasteiger partial charge in [0.2, 0.25) is 0 Å². The van der Waals surface area contributed by atoms with Crippen molar-refractivity contribution >= 4 is 22.0 Å². The Kier molecular flexibility index (Phi) is 3.52. The van der Waals surface area contributed by atoms with Gasteiger partial charge in [-0.1, -0.05) is 22.0 Å². The number of aryl methyl sites for hydroxylation is 1. The summed E-state index contributed by atoms with van der Waals surface area (Å²) in [4.78, 5) is 10.6. The summed E-state index contributed by atoms with van der Waals surface area (Å²) in [6, 6.07) is 5.78. The van der Waals surface area contributed by atoms with Gasteiger partial charge in [-0.2, -0.15) is 0 Å². The van der Waals surface area contributed by atoms with Gasteiger partial charge in [0.15, 0.2) is 0 Å². The molecule has 0 aromatic heterocycles. The highest BCUT2D eigenvalue weighted by atomic mass is 79.9. The van der Waals surface area contributed by atoms with Crippen LogP contribution < -0.4 is 5.73 Å². The molecular weight excluding hydrogens is 246 g/mol. The number of hydrogen-bond acceptors (Lipinski definition) is 2. The zero-order chi connectivity index (χ0) is 10.7. The standard InChI is InChI=1S/C10H12BrNO2/c1-6-5-8(11)3-4-9(6)7(2)14-10(12)13/h3-5,7H,1-2H3,(H2,12,13)/t7-/m1/s1. The molecule has 0 aliphatic rings. The zero-order valence-corrected chi connectivity index (χ0v) is 9.67. The predicted octanol–water partition coefficient (Wildman–Crippen LogP) is 2.91. The molecule has 0 saturated heterocycles. The largest absolute Gasteiger partial charge is 0.442 e. The number of benzene rings is 1. The Morgan fingerprint density at radius 1 is 1.57 bits per heavy atom. The van der Waals surface area contributed by atoms with Crippen molar-refractivity contribution in [3.05, 3.63) is 33.8 Å². The van der Waals surface area contributed by atoms with Gasteiger partial charge in [0.25, 0.3) is 0 Å². The first-order valence-corrected chi connectivity index (χ1v) is 5.02. The van der Waals surface area contributed by atoms with E-state index in [4.69, 9.17) is 10.5 Å². The molecule has 0 radical (unpaired) electrons. The number of nitrogens with two attached hydrogens (primary N) is 1. The van der Waals surface area contributed by atoms with E-state index in [0.29, 0.717) is 0 Å². The summed E-state index contributed by atoms with van der Waals surface area (Å²) >= 11 is 3.36. The molecule has 0 aliphatic heterocycles. The normalized spacial score (nSPS) is 12.2. The van der Waals surface area contributed by atoms with Crippen LogP contribution in [0, 0.1) is 6.92 Å². The molecule has 4 heteroatoms. The lowest BCUT2D eigenvalue weighted by molar-refractivity contribution is 0.116. The third-order valence-electron chi connectivity index (χ3n) is 1.96. The fourth-order valence-corrected chi connectivity index (χ4v) is 1.81. The highest BCUT2D eigenvalue weighted by Gasteiger charge is 2.11. The molecule has 1 rings (SSSR count). The average molecular weight is 258 g/mol. The van der Waals surface area contributed by atoms with Gasteiger partial charge in [-0.3, -0.25) is 0 Å². The maximum absolute atomic E-state index is 10.6. The lowest BCUT2D eigenvalue weighted by atomic mass is 10.1. The minimum Gasteiger partial charge on any atom is -0.442 e. The van der Waals surface area contributed by atoms with Crippen LogP contribution in [0.5, 0.6) is 0 Å². The summed E-state index contributed by atoms with van der Waals surface area (Å²) in [5.41, 5.74) is 6.97. The van der Waals surface area contributed by atoms with Crippen molar-refractivity contribution < 1.29 is 9.53 Å². The molecule has 0 aliphatic carbocycles. The van der Waals surface area contributed by atoms with Crippen LogP contribution in [0.15, 0.2) is 22.7 Å². The molecule has 14 heavy (non-hydrogen) atoms. The van der Waals surface area contributed by atoms with E-state index < -0.39 is 6.09 Å². The first-order valence-electron chi connectivity index (χ1n) is 4.23.